The third-order valence-electron chi connectivity index (χ3n) is 2.99. The molecule has 0 saturated heterocycles. The van der Waals surface area contributed by atoms with Crippen LogP contribution in [0.4, 0.5) is 11.6 Å². The number of fused-ring (bicyclic) bond motifs is 1. The summed E-state index contributed by atoms with van der Waals surface area (Å²) in [5, 5.41) is 14.9. The third kappa shape index (κ3) is 2.44. The number of aromatic nitrogens is 2. The van der Waals surface area contributed by atoms with E-state index in [1.807, 2.05) is 24.3 Å². The van der Waals surface area contributed by atoms with Crippen molar-refractivity contribution in [3.8, 4) is 0 Å². The SMILES string of the molecule is Nc1nc2ccccc2n1N=Cc1ccc([N+](=O)[O-])cc1. The second kappa shape index (κ2) is 5.04. The molecule has 0 amide bonds. The van der Waals surface area contributed by atoms with Crippen LogP contribution in [-0.2, 0) is 0 Å². The van der Waals surface area contributed by atoms with Crippen molar-refractivity contribution < 1.29 is 4.92 Å². The Kier molecular flexibility index (Phi) is 3.07. The van der Waals surface area contributed by atoms with Crippen LogP contribution in [0.2, 0.25) is 0 Å². The Morgan fingerprint density at radius 2 is 1.90 bits per heavy atom. The first-order valence-corrected chi connectivity index (χ1v) is 6.17. The first kappa shape index (κ1) is 12.8. The quantitative estimate of drug-likeness (QED) is 0.452. The van der Waals surface area contributed by atoms with Crippen molar-refractivity contribution in [1.29, 1.82) is 0 Å². The Balaban J connectivity index is 1.94. The highest BCUT2D eigenvalue weighted by molar-refractivity contribution is 5.82. The Bertz CT molecular complexity index is 836. The number of nitrogens with zero attached hydrogens (tertiary/aromatic N) is 4. The third-order valence-corrected chi connectivity index (χ3v) is 2.99. The highest BCUT2D eigenvalue weighted by Gasteiger charge is 2.06. The standard InChI is InChI=1S/C14H11N5O2/c15-14-17-12-3-1-2-4-13(12)18(14)16-9-10-5-7-11(8-6-10)19(20)21/h1-9H,(H2,15,17). The van der Waals surface area contributed by atoms with Gasteiger partial charge in [0.1, 0.15) is 0 Å². The number of nitrogen functional groups attached to an aromatic ring is 1. The summed E-state index contributed by atoms with van der Waals surface area (Å²) in [5.41, 5.74) is 8.16. The van der Waals surface area contributed by atoms with Crippen molar-refractivity contribution in [2.45, 2.75) is 0 Å². The van der Waals surface area contributed by atoms with Crippen LogP contribution in [0.25, 0.3) is 11.0 Å². The topological polar surface area (TPSA) is 99.3 Å². The number of anilines is 1. The minimum absolute atomic E-state index is 0.0414. The van der Waals surface area contributed by atoms with Crippen LogP contribution < -0.4 is 5.73 Å². The molecule has 0 fully saturated rings. The lowest BCUT2D eigenvalue weighted by Crippen LogP contribution is -1.98. The number of para-hydroxylation sites is 2. The minimum atomic E-state index is -0.442. The maximum absolute atomic E-state index is 10.6. The molecule has 104 valence electrons. The van der Waals surface area contributed by atoms with Gasteiger partial charge in [-0.2, -0.15) is 9.78 Å². The molecular weight excluding hydrogens is 270 g/mol. The van der Waals surface area contributed by atoms with Crippen molar-refractivity contribution in [2.24, 2.45) is 5.10 Å². The highest BCUT2D eigenvalue weighted by Crippen LogP contribution is 2.17. The van der Waals surface area contributed by atoms with Gasteiger partial charge in [-0.1, -0.05) is 12.1 Å². The van der Waals surface area contributed by atoms with Gasteiger partial charge in [0.05, 0.1) is 22.2 Å². The number of imidazole rings is 1. The summed E-state index contributed by atoms with van der Waals surface area (Å²) in [5.74, 6) is 0.286. The Labute approximate surface area is 119 Å². The van der Waals surface area contributed by atoms with Crippen LogP contribution >= 0.6 is 0 Å². The zero-order valence-electron chi connectivity index (χ0n) is 10.9. The molecule has 0 spiro atoms. The summed E-state index contributed by atoms with van der Waals surface area (Å²) in [7, 11) is 0. The van der Waals surface area contributed by atoms with Crippen molar-refractivity contribution in [1.82, 2.24) is 9.66 Å². The van der Waals surface area contributed by atoms with E-state index >= 15 is 0 Å². The van der Waals surface area contributed by atoms with Gasteiger partial charge in [0.2, 0.25) is 5.95 Å². The van der Waals surface area contributed by atoms with E-state index in [4.69, 9.17) is 5.73 Å². The van der Waals surface area contributed by atoms with E-state index < -0.39 is 4.92 Å². The summed E-state index contributed by atoms with van der Waals surface area (Å²) in [4.78, 5) is 14.3. The molecule has 2 N–H and O–H groups in total. The molecule has 7 nitrogen and oxygen atoms in total. The molecular formula is C14H11N5O2. The molecule has 1 heterocycles. The van der Waals surface area contributed by atoms with E-state index in [9.17, 15) is 10.1 Å². The minimum Gasteiger partial charge on any atom is -0.368 e. The van der Waals surface area contributed by atoms with Gasteiger partial charge in [-0.15, -0.1) is 0 Å². The molecule has 1 aromatic heterocycles. The lowest BCUT2D eigenvalue weighted by molar-refractivity contribution is -0.384. The van der Waals surface area contributed by atoms with Crippen molar-refractivity contribution in [2.75, 3.05) is 5.73 Å². The number of nitrogens with two attached hydrogens (primary N) is 1. The fourth-order valence-electron chi connectivity index (χ4n) is 1.96. The molecule has 21 heavy (non-hydrogen) atoms. The number of hydrogen-bond acceptors (Lipinski definition) is 5. The molecule has 0 saturated carbocycles. The summed E-state index contributed by atoms with van der Waals surface area (Å²) in [6.07, 6.45) is 1.58. The largest absolute Gasteiger partial charge is 0.368 e. The average Bonchev–Trinajstić information content (AvgIpc) is 2.81. The Hall–Kier alpha value is -3.22. The van der Waals surface area contributed by atoms with E-state index in [0.29, 0.717) is 0 Å². The van der Waals surface area contributed by atoms with E-state index in [1.54, 1.807) is 18.3 Å². The van der Waals surface area contributed by atoms with Gasteiger partial charge < -0.3 is 5.73 Å². The summed E-state index contributed by atoms with van der Waals surface area (Å²) >= 11 is 0. The molecule has 0 aliphatic rings. The first-order valence-electron chi connectivity index (χ1n) is 6.17. The van der Waals surface area contributed by atoms with Crippen LogP contribution in [-0.4, -0.2) is 20.8 Å². The number of hydrogen-bond donors (Lipinski definition) is 1. The van der Waals surface area contributed by atoms with E-state index in [2.05, 4.69) is 10.1 Å². The average molecular weight is 281 g/mol. The molecule has 0 radical (unpaired) electrons. The number of nitro benzene ring substituents is 1. The van der Waals surface area contributed by atoms with E-state index in [0.717, 1.165) is 16.6 Å². The van der Waals surface area contributed by atoms with E-state index in [-0.39, 0.29) is 11.6 Å². The maximum atomic E-state index is 10.6. The molecule has 0 bridgehead atoms. The maximum Gasteiger partial charge on any atom is 0.269 e. The number of benzene rings is 2. The lowest BCUT2D eigenvalue weighted by Gasteiger charge is -1.98. The van der Waals surface area contributed by atoms with Crippen LogP contribution in [0, 0.1) is 10.1 Å². The zero-order chi connectivity index (χ0) is 14.8. The van der Waals surface area contributed by atoms with Crippen molar-refractivity contribution >= 4 is 28.9 Å². The molecule has 0 atom stereocenters. The molecule has 3 aromatic rings. The molecule has 0 aliphatic heterocycles. The van der Waals surface area contributed by atoms with Gasteiger partial charge in [0.25, 0.3) is 5.69 Å². The van der Waals surface area contributed by atoms with Gasteiger partial charge in [-0.05, 0) is 29.8 Å². The Morgan fingerprint density at radius 3 is 2.62 bits per heavy atom. The predicted molar refractivity (Wildman–Crippen MR) is 80.2 cm³/mol. The summed E-state index contributed by atoms with van der Waals surface area (Å²) in [6, 6.07) is 13.6. The molecule has 2 aromatic carbocycles. The van der Waals surface area contributed by atoms with E-state index in [1.165, 1.54) is 16.8 Å². The van der Waals surface area contributed by atoms with Crippen molar-refractivity contribution in [3.05, 3.63) is 64.2 Å². The number of non-ortho nitro benzene ring substituents is 1. The van der Waals surface area contributed by atoms with Crippen LogP contribution in [0.1, 0.15) is 5.56 Å². The fraction of sp³-hybridized carbons (Fsp3) is 0. The first-order chi connectivity index (χ1) is 10.1. The summed E-state index contributed by atoms with van der Waals surface area (Å²) in [6.45, 7) is 0. The van der Waals surface area contributed by atoms with Crippen molar-refractivity contribution in [3.63, 3.8) is 0 Å². The molecule has 3 rings (SSSR count). The zero-order valence-corrected chi connectivity index (χ0v) is 10.9. The fourth-order valence-corrected chi connectivity index (χ4v) is 1.96. The molecule has 7 heteroatoms. The lowest BCUT2D eigenvalue weighted by atomic mass is 10.2. The second-order valence-corrected chi connectivity index (χ2v) is 4.36. The second-order valence-electron chi connectivity index (χ2n) is 4.36. The van der Waals surface area contributed by atoms with Gasteiger partial charge in [0, 0.05) is 12.1 Å². The number of rotatable bonds is 3. The normalized spacial score (nSPS) is 11.2. The smallest absolute Gasteiger partial charge is 0.269 e. The van der Waals surface area contributed by atoms with Crippen LogP contribution in [0.5, 0.6) is 0 Å². The molecule has 0 aliphatic carbocycles. The summed E-state index contributed by atoms with van der Waals surface area (Å²) < 4.78 is 1.52. The number of nitro groups is 1. The monoisotopic (exact) mass is 281 g/mol. The highest BCUT2D eigenvalue weighted by atomic mass is 16.6. The van der Waals surface area contributed by atoms with Crippen LogP contribution in [0.15, 0.2) is 53.6 Å². The van der Waals surface area contributed by atoms with Gasteiger partial charge in [-0.3, -0.25) is 10.1 Å². The van der Waals surface area contributed by atoms with Gasteiger partial charge in [-0.25, -0.2) is 4.98 Å². The predicted octanol–water partition coefficient (Wildman–Crippen LogP) is 2.41. The Morgan fingerprint density at radius 1 is 1.19 bits per heavy atom. The molecule has 0 unspecified atom stereocenters. The van der Waals surface area contributed by atoms with Gasteiger partial charge >= 0.3 is 0 Å². The van der Waals surface area contributed by atoms with Crippen LogP contribution in [0.3, 0.4) is 0 Å². The van der Waals surface area contributed by atoms with Gasteiger partial charge in [0.15, 0.2) is 0 Å².